The minimum atomic E-state index is -1.34. The van der Waals surface area contributed by atoms with Crippen LogP contribution < -0.4 is 20.1 Å². The zero-order valence-electron chi connectivity index (χ0n) is 26.6. The van der Waals surface area contributed by atoms with E-state index in [1.807, 2.05) is 41.8 Å². The van der Waals surface area contributed by atoms with E-state index in [1.54, 1.807) is 19.1 Å². The minimum Gasteiger partial charge on any atom is -0.497 e. The van der Waals surface area contributed by atoms with Gasteiger partial charge in [0.05, 0.1) is 24.6 Å². The molecule has 3 aliphatic rings. The van der Waals surface area contributed by atoms with E-state index < -0.39 is 35.4 Å². The van der Waals surface area contributed by atoms with Crippen LogP contribution in [0.5, 0.6) is 11.6 Å². The first-order valence-electron chi connectivity index (χ1n) is 15.9. The first-order valence-corrected chi connectivity index (χ1v) is 16.8. The lowest BCUT2D eigenvalue weighted by Crippen LogP contribution is -2.49. The molecule has 3 N–H and O–H groups in total. The molecule has 6 rings (SSSR count). The van der Waals surface area contributed by atoms with Crippen LogP contribution in [0.4, 0.5) is 5.13 Å². The molecule has 11 nitrogen and oxygen atoms in total. The third-order valence-corrected chi connectivity index (χ3v) is 10.0. The predicted octanol–water partition coefficient (Wildman–Crippen LogP) is 5.12. The molecule has 12 heteroatoms. The minimum absolute atomic E-state index is 0.125. The highest BCUT2D eigenvalue weighted by Crippen LogP contribution is 2.46. The van der Waals surface area contributed by atoms with Gasteiger partial charge in [0, 0.05) is 36.3 Å². The maximum atomic E-state index is 13.8. The number of thiazole rings is 1. The van der Waals surface area contributed by atoms with Crippen molar-refractivity contribution in [3.63, 3.8) is 0 Å². The number of ether oxygens (including phenoxy) is 2. The molecule has 2 saturated carbocycles. The van der Waals surface area contributed by atoms with Gasteiger partial charge < -0.3 is 30.1 Å². The molecule has 0 radical (unpaired) electrons. The van der Waals surface area contributed by atoms with Crippen molar-refractivity contribution in [2.24, 2.45) is 17.8 Å². The fourth-order valence-electron chi connectivity index (χ4n) is 6.61. The smallest absolute Gasteiger partial charge is 0.330 e. The summed E-state index contributed by atoms with van der Waals surface area (Å²) in [5, 5.41) is 20.6. The van der Waals surface area contributed by atoms with Gasteiger partial charge in [0.1, 0.15) is 23.1 Å². The van der Waals surface area contributed by atoms with E-state index in [0.717, 1.165) is 35.2 Å². The van der Waals surface area contributed by atoms with Crippen LogP contribution in [0.15, 0.2) is 41.8 Å². The van der Waals surface area contributed by atoms with Gasteiger partial charge in [-0.1, -0.05) is 12.2 Å². The maximum Gasteiger partial charge on any atom is 0.330 e. The SMILES string of the molecule is COc1ccc2c(OC3CC4C(=O)NC5(C(=O)O)CC5/C=C/CCCCN(C)C(=O)C4C3)nc(-c3csc(NC(C)C)n3)cc2c1. The zero-order chi connectivity index (χ0) is 32.6. The van der Waals surface area contributed by atoms with Gasteiger partial charge in [-0.25, -0.2) is 14.8 Å². The van der Waals surface area contributed by atoms with E-state index in [4.69, 9.17) is 19.4 Å². The van der Waals surface area contributed by atoms with Gasteiger partial charge in [-0.3, -0.25) is 9.59 Å². The Labute approximate surface area is 272 Å². The van der Waals surface area contributed by atoms with Crippen molar-refractivity contribution in [1.82, 2.24) is 20.2 Å². The molecule has 0 spiro atoms. The molecular formula is C34H41N5O6S. The number of amides is 2. The summed E-state index contributed by atoms with van der Waals surface area (Å²) in [6.45, 7) is 4.69. The van der Waals surface area contributed by atoms with Gasteiger partial charge >= 0.3 is 5.97 Å². The summed E-state index contributed by atoms with van der Waals surface area (Å²) in [5.41, 5.74) is -0.00591. The predicted molar refractivity (Wildman–Crippen MR) is 176 cm³/mol. The number of carbonyl (C=O) groups excluding carboxylic acids is 2. The Kier molecular flexibility index (Phi) is 8.91. The summed E-state index contributed by atoms with van der Waals surface area (Å²) in [5.74, 6) is -2.17. The van der Waals surface area contributed by atoms with Crippen molar-refractivity contribution in [3.8, 4) is 23.0 Å². The van der Waals surface area contributed by atoms with Crippen molar-refractivity contribution < 1.29 is 29.0 Å². The van der Waals surface area contributed by atoms with Crippen molar-refractivity contribution in [2.45, 2.75) is 70.1 Å². The van der Waals surface area contributed by atoms with Crippen LogP contribution in [-0.2, 0) is 14.4 Å². The number of allylic oxidation sites excluding steroid dienone is 1. The molecule has 5 unspecified atom stereocenters. The number of rotatable bonds is 7. The average molecular weight is 648 g/mol. The summed E-state index contributed by atoms with van der Waals surface area (Å²) in [7, 11) is 3.38. The molecule has 3 heterocycles. The lowest BCUT2D eigenvalue weighted by Gasteiger charge is -2.26. The molecule has 46 heavy (non-hydrogen) atoms. The van der Waals surface area contributed by atoms with E-state index in [2.05, 4.69) is 24.5 Å². The maximum absolute atomic E-state index is 13.8. The summed E-state index contributed by atoms with van der Waals surface area (Å²) >= 11 is 1.50. The number of benzene rings is 1. The number of pyridine rings is 1. The van der Waals surface area contributed by atoms with Gasteiger partial charge in [-0.05, 0) is 82.0 Å². The molecule has 1 aliphatic heterocycles. The van der Waals surface area contributed by atoms with Crippen LogP contribution in [0.25, 0.3) is 22.2 Å². The monoisotopic (exact) mass is 647 g/mol. The number of carboxylic acids is 1. The largest absolute Gasteiger partial charge is 0.497 e. The third-order valence-electron chi connectivity index (χ3n) is 9.24. The Balaban J connectivity index is 1.32. The Morgan fingerprint density at radius 1 is 1.15 bits per heavy atom. The van der Waals surface area contributed by atoms with Gasteiger partial charge in [0.2, 0.25) is 17.7 Å². The summed E-state index contributed by atoms with van der Waals surface area (Å²) in [4.78, 5) is 51.2. The van der Waals surface area contributed by atoms with E-state index >= 15 is 0 Å². The molecule has 2 aromatic heterocycles. The highest BCUT2D eigenvalue weighted by Gasteiger charge is 2.61. The lowest BCUT2D eigenvalue weighted by molar-refractivity contribution is -0.145. The number of anilines is 1. The molecule has 3 aromatic rings. The van der Waals surface area contributed by atoms with Crippen LogP contribution in [0.1, 0.15) is 52.4 Å². The fourth-order valence-corrected chi connectivity index (χ4v) is 7.46. The number of aliphatic carboxylic acids is 1. The third kappa shape index (κ3) is 6.40. The number of carboxylic acid groups (broad SMARTS) is 1. The van der Waals surface area contributed by atoms with Gasteiger partial charge in [0.15, 0.2) is 5.13 Å². The highest BCUT2D eigenvalue weighted by atomic mass is 32.1. The quantitative estimate of drug-likeness (QED) is 0.298. The number of carbonyl (C=O) groups is 3. The molecule has 2 aliphatic carbocycles. The van der Waals surface area contributed by atoms with Crippen LogP contribution in [0.2, 0.25) is 0 Å². The molecule has 2 amide bonds. The Morgan fingerprint density at radius 3 is 2.72 bits per heavy atom. The second-order valence-electron chi connectivity index (χ2n) is 12.9. The first-order chi connectivity index (χ1) is 22.1. The summed E-state index contributed by atoms with van der Waals surface area (Å²) in [6.07, 6.45) is 6.83. The normalized spacial score (nSPS) is 27.4. The summed E-state index contributed by atoms with van der Waals surface area (Å²) in [6, 6.07) is 7.83. The van der Waals surface area contributed by atoms with E-state index in [0.29, 0.717) is 42.4 Å². The molecular weight excluding hydrogens is 606 g/mol. The number of methoxy groups -OCH3 is 1. The summed E-state index contributed by atoms with van der Waals surface area (Å²) < 4.78 is 12.1. The lowest BCUT2D eigenvalue weighted by atomic mass is 9.93. The zero-order valence-corrected chi connectivity index (χ0v) is 27.4. The molecule has 244 valence electrons. The van der Waals surface area contributed by atoms with Gasteiger partial charge in [0.25, 0.3) is 0 Å². The molecule has 1 aromatic carbocycles. The van der Waals surface area contributed by atoms with Crippen LogP contribution in [0.3, 0.4) is 0 Å². The van der Waals surface area contributed by atoms with Crippen molar-refractivity contribution >= 4 is 45.0 Å². The fraction of sp³-hybridized carbons (Fsp3) is 0.500. The van der Waals surface area contributed by atoms with E-state index in [1.165, 1.54) is 11.3 Å². The topological polar surface area (TPSA) is 143 Å². The van der Waals surface area contributed by atoms with Crippen LogP contribution in [-0.4, -0.2) is 76.1 Å². The number of nitrogens with zero attached hydrogens (tertiary/aromatic N) is 3. The van der Waals surface area contributed by atoms with E-state index in [9.17, 15) is 19.5 Å². The standard InChI is InChI=1S/C34H41N5O6S/c1-19(2)35-33-37-28(18-46-33)27-14-20-13-22(44-4)10-11-24(20)30(36-27)45-23-15-25-26(16-23)31(41)39(3)12-8-6-5-7-9-21-17-34(21,32(42)43)38-29(25)40/h7,9-11,13-14,18-19,21,23,25-26H,5-6,8,12,15-17H2,1-4H3,(H,35,37)(H,38,40)(H,42,43)/b9-7+. The second-order valence-corrected chi connectivity index (χ2v) is 13.8. The number of aromatic nitrogens is 2. The Morgan fingerprint density at radius 2 is 1.96 bits per heavy atom. The highest BCUT2D eigenvalue weighted by molar-refractivity contribution is 7.14. The van der Waals surface area contributed by atoms with Crippen molar-refractivity contribution in [2.75, 3.05) is 26.0 Å². The molecule has 0 bridgehead atoms. The second kappa shape index (κ2) is 12.9. The number of fused-ring (bicyclic) bond motifs is 3. The molecule has 0 saturated heterocycles. The average Bonchev–Trinajstić information content (AvgIpc) is 3.31. The van der Waals surface area contributed by atoms with Gasteiger partial charge in [-0.15, -0.1) is 11.3 Å². The van der Waals surface area contributed by atoms with Crippen molar-refractivity contribution in [1.29, 1.82) is 0 Å². The number of nitrogens with one attached hydrogen (secondary N) is 2. The number of hydrogen-bond acceptors (Lipinski definition) is 9. The van der Waals surface area contributed by atoms with E-state index in [-0.39, 0.29) is 24.3 Å². The number of hydrogen-bond donors (Lipinski definition) is 3. The molecule has 5 atom stereocenters. The van der Waals surface area contributed by atoms with Crippen molar-refractivity contribution in [3.05, 3.63) is 41.8 Å². The van der Waals surface area contributed by atoms with Crippen LogP contribution in [0, 0.1) is 17.8 Å². The first kappa shape index (κ1) is 31.8. The van der Waals surface area contributed by atoms with Crippen LogP contribution >= 0.6 is 11.3 Å². The van der Waals surface area contributed by atoms with Gasteiger partial charge in [-0.2, -0.15) is 0 Å². The Hall–Kier alpha value is -4.19. The molecule has 2 fully saturated rings. The Bertz CT molecular complexity index is 1670.